The van der Waals surface area contributed by atoms with Crippen LogP contribution in [0.1, 0.15) is 41.0 Å². The molecule has 0 spiro atoms. The molecule has 0 aliphatic heterocycles. The highest BCUT2D eigenvalue weighted by molar-refractivity contribution is 5.95. The third-order valence-corrected chi connectivity index (χ3v) is 8.07. The molecule has 0 aliphatic rings. The first kappa shape index (κ1) is 42.9. The van der Waals surface area contributed by atoms with Crippen LogP contribution in [0.5, 0.6) is 0 Å². The van der Waals surface area contributed by atoms with Gasteiger partial charge in [0, 0.05) is 12.1 Å². The van der Waals surface area contributed by atoms with Gasteiger partial charge in [0.1, 0.15) is 17.9 Å². The molecule has 0 saturated carbocycles. The van der Waals surface area contributed by atoms with E-state index in [1.807, 2.05) is 84.9 Å². The predicted octanol–water partition coefficient (Wildman–Crippen LogP) is 2.81. The molecule has 0 saturated heterocycles. The van der Waals surface area contributed by atoms with Crippen LogP contribution in [0.4, 0.5) is 13.2 Å². The van der Waals surface area contributed by atoms with Crippen molar-refractivity contribution in [3.8, 4) is 0 Å². The smallest absolute Gasteiger partial charge is 0.475 e. The molecule has 14 nitrogen and oxygen atoms in total. The molecular weight excluding hydrogens is 721 g/mol. The Balaban J connectivity index is 0.00000106. The van der Waals surface area contributed by atoms with Crippen molar-refractivity contribution in [3.05, 3.63) is 119 Å². The van der Waals surface area contributed by atoms with E-state index in [0.29, 0.717) is 18.4 Å². The lowest BCUT2D eigenvalue weighted by Gasteiger charge is -2.25. The molecule has 0 heterocycles. The Morgan fingerprint density at radius 3 is 1.96 bits per heavy atom. The summed E-state index contributed by atoms with van der Waals surface area (Å²) in [6, 6.07) is 28.0. The molecule has 4 rings (SSSR count). The second-order valence-electron chi connectivity index (χ2n) is 12.3. The van der Waals surface area contributed by atoms with Crippen molar-refractivity contribution in [2.75, 3.05) is 13.2 Å². The number of carbonyl (C=O) groups is 4. The highest BCUT2D eigenvalue weighted by Crippen LogP contribution is 2.26. The summed E-state index contributed by atoms with van der Waals surface area (Å²) in [5.41, 5.74) is 25.1. The normalized spacial score (nSPS) is 12.6. The first-order valence-corrected chi connectivity index (χ1v) is 16.8. The van der Waals surface area contributed by atoms with Gasteiger partial charge in [0.2, 0.25) is 17.7 Å². The number of nitrogens with one attached hydrogen (secondary N) is 3. The average Bonchev–Trinajstić information content (AvgIpc) is 3.14. The van der Waals surface area contributed by atoms with Gasteiger partial charge in [-0.2, -0.15) is 13.2 Å². The monoisotopic (exact) mass is 764 g/mol. The zero-order valence-electron chi connectivity index (χ0n) is 29.6. The highest BCUT2D eigenvalue weighted by atomic mass is 19.4. The number of nitrogens with two attached hydrogens (primary N) is 4. The SMILES string of the molecule is N=C(N)c1ccc(CC(C(=O)N[C@@H](COCc2ccccc2)C(=O)N[C@@H](CCCN=C(N)N)C(N)=O)c2ccc3ccccc3c2)cc1.O=C(O)C(F)(F)F. The molecule has 0 aliphatic carbocycles. The number of rotatable bonds is 17. The molecule has 4 aromatic rings. The first-order chi connectivity index (χ1) is 26.0. The fraction of sp³-hybridized carbons (Fsp3) is 0.263. The number of hydrogen-bond donors (Lipinski definition) is 8. The molecule has 1 unspecified atom stereocenters. The molecule has 17 heteroatoms. The minimum absolute atomic E-state index is 0.0553. The lowest BCUT2D eigenvalue weighted by atomic mass is 9.89. The van der Waals surface area contributed by atoms with Crippen molar-refractivity contribution in [2.45, 2.75) is 50.0 Å². The van der Waals surface area contributed by atoms with Gasteiger partial charge in [-0.15, -0.1) is 0 Å². The van der Waals surface area contributed by atoms with Crippen LogP contribution in [0.3, 0.4) is 0 Å². The summed E-state index contributed by atoms with van der Waals surface area (Å²) in [4.78, 5) is 52.9. The topological polar surface area (TPSA) is 262 Å². The Hall–Kier alpha value is -6.49. The second-order valence-corrected chi connectivity index (χ2v) is 12.3. The van der Waals surface area contributed by atoms with Crippen molar-refractivity contribution in [3.63, 3.8) is 0 Å². The minimum atomic E-state index is -5.08. The number of amidine groups is 1. The average molecular weight is 765 g/mol. The number of nitrogen functional groups attached to an aromatic ring is 1. The fourth-order valence-electron chi connectivity index (χ4n) is 5.23. The number of primary amides is 1. The number of alkyl halides is 3. The summed E-state index contributed by atoms with van der Waals surface area (Å²) in [7, 11) is 0. The number of aliphatic carboxylic acids is 1. The maximum Gasteiger partial charge on any atom is 0.490 e. The second kappa shape index (κ2) is 20.7. The zero-order valence-corrected chi connectivity index (χ0v) is 29.6. The lowest BCUT2D eigenvalue weighted by molar-refractivity contribution is -0.192. The number of carboxylic acids is 1. The standard InChI is InChI=1S/C36H42N8O4.C2HF3O2/c37-32(38)26-14-12-23(13-15-26)19-29(28-17-16-25-9-4-5-10-27(25)20-28)34(46)44-31(22-48-21-24-7-2-1-3-8-24)35(47)43-30(33(39)45)11-6-18-42-36(40)41;3-2(4,5)1(6)7/h1-5,7-10,12-17,20,29-31H,6,11,18-19,21-22H2,(H3,37,38)(H2,39,45)(H,43,47)(H,44,46)(H4,40,41,42);(H,6,7)/t29?,30-,31-;/m0./s1. The summed E-state index contributed by atoms with van der Waals surface area (Å²) >= 11 is 0. The van der Waals surface area contributed by atoms with E-state index in [0.717, 1.165) is 27.5 Å². The molecule has 55 heavy (non-hydrogen) atoms. The van der Waals surface area contributed by atoms with E-state index in [1.165, 1.54) is 0 Å². The summed E-state index contributed by atoms with van der Waals surface area (Å²) in [5.74, 6) is -5.35. The molecule has 12 N–H and O–H groups in total. The molecule has 0 bridgehead atoms. The van der Waals surface area contributed by atoms with E-state index in [9.17, 15) is 27.6 Å². The minimum Gasteiger partial charge on any atom is -0.475 e. The van der Waals surface area contributed by atoms with E-state index < -0.39 is 47.9 Å². The van der Waals surface area contributed by atoms with Gasteiger partial charge >= 0.3 is 12.1 Å². The Morgan fingerprint density at radius 1 is 0.782 bits per heavy atom. The van der Waals surface area contributed by atoms with Gasteiger partial charge in [-0.05, 0) is 46.7 Å². The summed E-state index contributed by atoms with van der Waals surface area (Å²) in [5, 5.41) is 22.4. The number of benzene rings is 4. The van der Waals surface area contributed by atoms with Gasteiger partial charge in [-0.3, -0.25) is 24.8 Å². The van der Waals surface area contributed by atoms with Crippen LogP contribution in [-0.2, 0) is 36.9 Å². The molecule has 3 amide bonds. The Labute approximate surface area is 314 Å². The number of hydrogen-bond acceptors (Lipinski definition) is 7. The number of carboxylic acid groups (broad SMARTS) is 1. The number of guanidine groups is 1. The number of halogens is 3. The number of nitrogens with zero attached hydrogens (tertiary/aromatic N) is 1. The summed E-state index contributed by atoms with van der Waals surface area (Å²) in [6.07, 6.45) is -4.20. The molecule has 0 aromatic heterocycles. The van der Waals surface area contributed by atoms with Crippen molar-refractivity contribution < 1.29 is 42.2 Å². The quantitative estimate of drug-likeness (QED) is 0.0446. The predicted molar refractivity (Wildman–Crippen MR) is 201 cm³/mol. The number of amides is 3. The number of aliphatic imine (C=N–C) groups is 1. The Morgan fingerprint density at radius 2 is 1.38 bits per heavy atom. The first-order valence-electron chi connectivity index (χ1n) is 16.8. The number of carbonyl (C=O) groups excluding carboxylic acids is 3. The van der Waals surface area contributed by atoms with Gasteiger partial charge in [-0.1, -0.05) is 97.1 Å². The molecule has 3 atom stereocenters. The highest BCUT2D eigenvalue weighted by Gasteiger charge is 2.38. The van der Waals surface area contributed by atoms with Crippen molar-refractivity contribution in [1.82, 2.24) is 10.6 Å². The van der Waals surface area contributed by atoms with Crippen molar-refractivity contribution in [2.24, 2.45) is 27.9 Å². The van der Waals surface area contributed by atoms with Crippen molar-refractivity contribution >= 4 is 46.3 Å². The van der Waals surface area contributed by atoms with Gasteiger partial charge in [0.15, 0.2) is 5.96 Å². The number of fused-ring (bicyclic) bond motifs is 1. The van der Waals surface area contributed by atoms with E-state index >= 15 is 0 Å². The molecule has 0 radical (unpaired) electrons. The summed E-state index contributed by atoms with van der Waals surface area (Å²) in [6.45, 7) is 0.293. The lowest BCUT2D eigenvalue weighted by Crippen LogP contribution is -2.55. The molecule has 0 fully saturated rings. The van der Waals surface area contributed by atoms with E-state index in [1.54, 1.807) is 12.1 Å². The summed E-state index contributed by atoms with van der Waals surface area (Å²) < 4.78 is 37.6. The van der Waals surface area contributed by atoms with E-state index in [-0.39, 0.29) is 38.0 Å². The van der Waals surface area contributed by atoms with E-state index in [4.69, 9.17) is 43.0 Å². The molecular formula is C38H43F3N8O6. The Bertz CT molecular complexity index is 1960. The third-order valence-electron chi connectivity index (χ3n) is 8.07. The maximum atomic E-state index is 14.2. The van der Waals surface area contributed by atoms with Crippen LogP contribution < -0.4 is 33.6 Å². The van der Waals surface area contributed by atoms with Crippen LogP contribution in [0.25, 0.3) is 10.8 Å². The largest absolute Gasteiger partial charge is 0.490 e. The van der Waals surface area contributed by atoms with Gasteiger partial charge in [-0.25, -0.2) is 4.79 Å². The van der Waals surface area contributed by atoms with Crippen LogP contribution in [0.2, 0.25) is 0 Å². The van der Waals surface area contributed by atoms with Gasteiger partial charge in [0.25, 0.3) is 0 Å². The van der Waals surface area contributed by atoms with Gasteiger partial charge < -0.3 is 43.4 Å². The third kappa shape index (κ3) is 14.5. The van der Waals surface area contributed by atoms with Crippen LogP contribution in [0, 0.1) is 5.41 Å². The number of ether oxygens (including phenoxy) is 1. The van der Waals surface area contributed by atoms with Crippen molar-refractivity contribution in [1.29, 1.82) is 5.41 Å². The molecule has 4 aromatic carbocycles. The van der Waals surface area contributed by atoms with Crippen LogP contribution in [-0.4, -0.2) is 72.0 Å². The van der Waals surface area contributed by atoms with Crippen LogP contribution in [0.15, 0.2) is 102 Å². The Kier molecular flexibility index (Phi) is 16.1. The van der Waals surface area contributed by atoms with Crippen LogP contribution >= 0.6 is 0 Å². The molecule has 292 valence electrons. The maximum absolute atomic E-state index is 14.2. The van der Waals surface area contributed by atoms with E-state index in [2.05, 4.69) is 15.6 Å². The van der Waals surface area contributed by atoms with Gasteiger partial charge in [0.05, 0.1) is 19.1 Å². The zero-order chi connectivity index (χ0) is 40.5. The fourth-order valence-corrected chi connectivity index (χ4v) is 5.23.